The van der Waals surface area contributed by atoms with Crippen molar-refractivity contribution in [2.45, 2.75) is 20.3 Å². The minimum atomic E-state index is 0.470. The second kappa shape index (κ2) is 6.07. The van der Waals surface area contributed by atoms with Gasteiger partial charge in [0.2, 0.25) is 0 Å². The predicted octanol–water partition coefficient (Wildman–Crippen LogP) is 5.16. The first-order valence-electron chi connectivity index (χ1n) is 5.76. The standard InChI is InChI=1S/C13H12BrCl2N3/c1-3-11-18-12(16)7(2)13(19-11)17-8-4-5-9(14)10(15)6-8/h4-6H,3H2,1-2H3,(H,17,18,19). The lowest BCUT2D eigenvalue weighted by Crippen LogP contribution is -2.03. The number of hydrogen-bond donors (Lipinski definition) is 1. The molecule has 0 saturated carbocycles. The maximum Gasteiger partial charge on any atom is 0.138 e. The van der Waals surface area contributed by atoms with Gasteiger partial charge in [-0.3, -0.25) is 0 Å². The predicted molar refractivity (Wildman–Crippen MR) is 83.6 cm³/mol. The summed E-state index contributed by atoms with van der Waals surface area (Å²) in [7, 11) is 0. The summed E-state index contributed by atoms with van der Waals surface area (Å²) in [6.07, 6.45) is 0.732. The summed E-state index contributed by atoms with van der Waals surface area (Å²) in [4.78, 5) is 8.64. The highest BCUT2D eigenvalue weighted by Gasteiger charge is 2.09. The molecule has 0 aliphatic rings. The Kier molecular flexibility index (Phi) is 4.66. The molecule has 0 aliphatic carbocycles. The molecule has 0 radical (unpaired) electrons. The molecule has 1 N–H and O–H groups in total. The van der Waals surface area contributed by atoms with Gasteiger partial charge in [0.1, 0.15) is 16.8 Å². The number of benzene rings is 1. The SMILES string of the molecule is CCc1nc(Cl)c(C)c(Nc2ccc(Br)c(Cl)c2)n1. The molecule has 0 amide bonds. The van der Waals surface area contributed by atoms with Gasteiger partial charge in [-0.05, 0) is 41.1 Å². The molecule has 1 heterocycles. The van der Waals surface area contributed by atoms with Crippen molar-refractivity contribution in [2.24, 2.45) is 0 Å². The second-order valence-corrected chi connectivity index (χ2v) is 5.63. The summed E-state index contributed by atoms with van der Waals surface area (Å²) >= 11 is 15.5. The van der Waals surface area contributed by atoms with Crippen molar-refractivity contribution >= 4 is 50.6 Å². The highest BCUT2D eigenvalue weighted by Crippen LogP contribution is 2.28. The number of nitrogens with one attached hydrogen (secondary N) is 1. The fourth-order valence-corrected chi connectivity index (χ4v) is 2.14. The molecule has 2 rings (SSSR count). The molecule has 0 spiro atoms. The van der Waals surface area contributed by atoms with Crippen LogP contribution in [0.3, 0.4) is 0 Å². The van der Waals surface area contributed by atoms with Crippen molar-refractivity contribution < 1.29 is 0 Å². The molecule has 6 heteroatoms. The minimum Gasteiger partial charge on any atom is -0.340 e. The zero-order valence-electron chi connectivity index (χ0n) is 10.5. The van der Waals surface area contributed by atoms with Crippen LogP contribution in [0.15, 0.2) is 22.7 Å². The zero-order chi connectivity index (χ0) is 14.0. The summed E-state index contributed by atoms with van der Waals surface area (Å²) < 4.78 is 0.853. The number of anilines is 2. The smallest absolute Gasteiger partial charge is 0.138 e. The Balaban J connectivity index is 2.37. The first-order chi connectivity index (χ1) is 9.01. The van der Waals surface area contributed by atoms with Crippen LogP contribution in [0.5, 0.6) is 0 Å². The van der Waals surface area contributed by atoms with Crippen molar-refractivity contribution in [2.75, 3.05) is 5.32 Å². The van der Waals surface area contributed by atoms with Gasteiger partial charge >= 0.3 is 0 Å². The Morgan fingerprint density at radius 2 is 2.00 bits per heavy atom. The van der Waals surface area contributed by atoms with E-state index in [0.29, 0.717) is 21.8 Å². The molecule has 1 aromatic carbocycles. The first kappa shape index (κ1) is 14.6. The van der Waals surface area contributed by atoms with E-state index in [1.54, 1.807) is 0 Å². The van der Waals surface area contributed by atoms with Crippen molar-refractivity contribution in [3.63, 3.8) is 0 Å². The molecule has 2 aromatic rings. The highest BCUT2D eigenvalue weighted by molar-refractivity contribution is 9.10. The normalized spacial score (nSPS) is 10.6. The number of aromatic nitrogens is 2. The van der Waals surface area contributed by atoms with E-state index in [9.17, 15) is 0 Å². The molecule has 0 fully saturated rings. The third-order valence-corrected chi connectivity index (χ3v) is 4.23. The largest absolute Gasteiger partial charge is 0.340 e. The molecule has 0 bridgehead atoms. The quantitative estimate of drug-likeness (QED) is 0.768. The summed E-state index contributed by atoms with van der Waals surface area (Å²) in [5.74, 6) is 1.41. The van der Waals surface area contributed by atoms with Gasteiger partial charge in [0.05, 0.1) is 5.02 Å². The van der Waals surface area contributed by atoms with Crippen LogP contribution in [0.1, 0.15) is 18.3 Å². The van der Waals surface area contributed by atoms with Crippen LogP contribution in [-0.4, -0.2) is 9.97 Å². The third kappa shape index (κ3) is 3.38. The van der Waals surface area contributed by atoms with E-state index < -0.39 is 0 Å². The molecule has 19 heavy (non-hydrogen) atoms. The van der Waals surface area contributed by atoms with Crippen molar-refractivity contribution in [3.05, 3.63) is 44.2 Å². The van der Waals surface area contributed by atoms with Gasteiger partial charge in [0, 0.05) is 22.1 Å². The minimum absolute atomic E-state index is 0.470. The number of nitrogens with zero attached hydrogens (tertiary/aromatic N) is 2. The average Bonchev–Trinajstić information content (AvgIpc) is 2.39. The maximum atomic E-state index is 6.10. The summed E-state index contributed by atoms with van der Waals surface area (Å²) in [5, 5.41) is 4.32. The van der Waals surface area contributed by atoms with Gasteiger partial charge in [0.15, 0.2) is 0 Å². The van der Waals surface area contributed by atoms with E-state index in [4.69, 9.17) is 23.2 Å². The highest BCUT2D eigenvalue weighted by atomic mass is 79.9. The molecule has 3 nitrogen and oxygen atoms in total. The van der Waals surface area contributed by atoms with Gasteiger partial charge < -0.3 is 5.32 Å². The lowest BCUT2D eigenvalue weighted by molar-refractivity contribution is 0.934. The van der Waals surface area contributed by atoms with Crippen LogP contribution in [-0.2, 0) is 6.42 Å². The van der Waals surface area contributed by atoms with Crippen LogP contribution in [0, 0.1) is 6.92 Å². The van der Waals surface area contributed by atoms with Gasteiger partial charge in [0.25, 0.3) is 0 Å². The van der Waals surface area contributed by atoms with Crippen LogP contribution in [0.2, 0.25) is 10.2 Å². The topological polar surface area (TPSA) is 37.8 Å². The molecule has 0 saturated heterocycles. The molecular formula is C13H12BrCl2N3. The van der Waals surface area contributed by atoms with Crippen LogP contribution >= 0.6 is 39.1 Å². The fourth-order valence-electron chi connectivity index (χ4n) is 1.52. The van der Waals surface area contributed by atoms with E-state index in [0.717, 1.165) is 22.1 Å². The van der Waals surface area contributed by atoms with Crippen molar-refractivity contribution in [1.82, 2.24) is 9.97 Å². The summed E-state index contributed by atoms with van der Waals surface area (Å²) in [6, 6.07) is 5.62. The van der Waals surface area contributed by atoms with E-state index >= 15 is 0 Å². The molecule has 0 atom stereocenters. The Hall–Kier alpha value is -0.840. The van der Waals surface area contributed by atoms with Crippen LogP contribution < -0.4 is 5.32 Å². The van der Waals surface area contributed by atoms with E-state index in [1.807, 2.05) is 32.0 Å². The van der Waals surface area contributed by atoms with Gasteiger partial charge in [-0.25, -0.2) is 9.97 Å². The monoisotopic (exact) mass is 359 g/mol. The van der Waals surface area contributed by atoms with E-state index in [2.05, 4.69) is 31.2 Å². The molecule has 1 aromatic heterocycles. The van der Waals surface area contributed by atoms with Crippen LogP contribution in [0.4, 0.5) is 11.5 Å². The first-order valence-corrected chi connectivity index (χ1v) is 7.31. The molecular weight excluding hydrogens is 349 g/mol. The molecule has 0 unspecified atom stereocenters. The number of rotatable bonds is 3. The van der Waals surface area contributed by atoms with E-state index in [1.165, 1.54) is 0 Å². The Morgan fingerprint density at radius 1 is 1.26 bits per heavy atom. The maximum absolute atomic E-state index is 6.10. The lowest BCUT2D eigenvalue weighted by atomic mass is 10.3. The van der Waals surface area contributed by atoms with Crippen molar-refractivity contribution in [3.8, 4) is 0 Å². The molecule has 0 aliphatic heterocycles. The fraction of sp³-hybridized carbons (Fsp3) is 0.231. The Bertz CT molecular complexity index is 617. The van der Waals surface area contributed by atoms with Gasteiger partial charge in [-0.1, -0.05) is 30.1 Å². The zero-order valence-corrected chi connectivity index (χ0v) is 13.6. The van der Waals surface area contributed by atoms with E-state index in [-0.39, 0.29) is 0 Å². The van der Waals surface area contributed by atoms with Crippen LogP contribution in [0.25, 0.3) is 0 Å². The van der Waals surface area contributed by atoms with Crippen molar-refractivity contribution in [1.29, 1.82) is 0 Å². The number of halogens is 3. The van der Waals surface area contributed by atoms with Gasteiger partial charge in [-0.15, -0.1) is 0 Å². The van der Waals surface area contributed by atoms with Gasteiger partial charge in [-0.2, -0.15) is 0 Å². The number of aryl methyl sites for hydroxylation is 1. The number of hydrogen-bond acceptors (Lipinski definition) is 3. The Labute approximate surface area is 130 Å². The lowest BCUT2D eigenvalue weighted by Gasteiger charge is -2.11. The summed E-state index contributed by atoms with van der Waals surface area (Å²) in [6.45, 7) is 3.87. The average molecular weight is 361 g/mol. The third-order valence-electron chi connectivity index (χ3n) is 2.63. The second-order valence-electron chi connectivity index (χ2n) is 4.01. The summed E-state index contributed by atoms with van der Waals surface area (Å²) in [5.41, 5.74) is 1.67. The molecule has 100 valence electrons. The Morgan fingerprint density at radius 3 is 2.63 bits per heavy atom.